The van der Waals surface area contributed by atoms with Gasteiger partial charge in [0.15, 0.2) is 5.78 Å². The Balaban J connectivity index is 1.93. The molecule has 1 aliphatic rings. The summed E-state index contributed by atoms with van der Waals surface area (Å²) in [6.07, 6.45) is 0.568. The first-order valence-corrected chi connectivity index (χ1v) is 7.68. The molecule has 108 valence electrons. The van der Waals surface area contributed by atoms with Gasteiger partial charge in [-0.15, -0.1) is 0 Å². The zero-order chi connectivity index (χ0) is 14.8. The quantitative estimate of drug-likeness (QED) is 0.840. The molecule has 21 heavy (non-hydrogen) atoms. The zero-order valence-corrected chi connectivity index (χ0v) is 13.4. The van der Waals surface area contributed by atoms with Crippen molar-refractivity contribution in [1.29, 1.82) is 0 Å². The lowest BCUT2D eigenvalue weighted by Crippen LogP contribution is -2.31. The third kappa shape index (κ3) is 2.81. The summed E-state index contributed by atoms with van der Waals surface area (Å²) in [5.41, 5.74) is 2.99. The maximum absolute atomic E-state index is 12.0. The topological polar surface area (TPSA) is 29.5 Å². The minimum Gasteiger partial charge on any atom is -0.497 e. The Morgan fingerprint density at radius 3 is 2.86 bits per heavy atom. The summed E-state index contributed by atoms with van der Waals surface area (Å²) >= 11 is 3.59. The second-order valence-corrected chi connectivity index (χ2v) is 5.92. The number of nitrogens with zero attached hydrogens (tertiary/aromatic N) is 1. The smallest absolute Gasteiger partial charge is 0.166 e. The highest BCUT2D eigenvalue weighted by atomic mass is 79.9. The Kier molecular flexibility index (Phi) is 3.97. The molecule has 0 saturated carbocycles. The largest absolute Gasteiger partial charge is 0.497 e. The first-order valence-electron chi connectivity index (χ1n) is 6.88. The first-order chi connectivity index (χ1) is 10.2. The average molecular weight is 346 g/mol. The molecule has 0 amide bonds. The third-order valence-electron chi connectivity index (χ3n) is 3.77. The molecular formula is C17H16BrNO2. The summed E-state index contributed by atoms with van der Waals surface area (Å²) in [6.45, 7) is 1.50. The highest BCUT2D eigenvalue weighted by molar-refractivity contribution is 9.10. The van der Waals surface area contributed by atoms with Crippen LogP contribution in [0.15, 0.2) is 46.9 Å². The second kappa shape index (κ2) is 5.90. The molecule has 0 aromatic heterocycles. The van der Waals surface area contributed by atoms with Crippen LogP contribution in [0.3, 0.4) is 0 Å². The van der Waals surface area contributed by atoms with Gasteiger partial charge in [-0.2, -0.15) is 0 Å². The molecule has 4 heteroatoms. The van der Waals surface area contributed by atoms with Gasteiger partial charge in [-0.25, -0.2) is 0 Å². The number of hydrogen-bond acceptors (Lipinski definition) is 3. The number of Topliss-reactive ketones (excluding diaryl/α,β-unsaturated/α-hetero) is 1. The average Bonchev–Trinajstić information content (AvgIpc) is 2.52. The van der Waals surface area contributed by atoms with E-state index in [9.17, 15) is 4.79 Å². The van der Waals surface area contributed by atoms with Gasteiger partial charge in [0.05, 0.1) is 7.11 Å². The van der Waals surface area contributed by atoms with E-state index < -0.39 is 0 Å². The first kappa shape index (κ1) is 14.1. The molecule has 0 aliphatic carbocycles. The summed E-state index contributed by atoms with van der Waals surface area (Å²) in [4.78, 5) is 14.2. The highest BCUT2D eigenvalue weighted by Crippen LogP contribution is 2.30. The molecule has 0 atom stereocenters. The Bertz CT molecular complexity index is 684. The Hall–Kier alpha value is -1.81. The van der Waals surface area contributed by atoms with Crippen LogP contribution in [0.1, 0.15) is 22.3 Å². The number of anilines is 1. The van der Waals surface area contributed by atoms with E-state index in [4.69, 9.17) is 4.74 Å². The van der Waals surface area contributed by atoms with Gasteiger partial charge in [0.25, 0.3) is 0 Å². The summed E-state index contributed by atoms with van der Waals surface area (Å²) in [5.74, 6) is 1.07. The summed E-state index contributed by atoms with van der Waals surface area (Å²) < 4.78 is 6.35. The van der Waals surface area contributed by atoms with E-state index in [2.05, 4.69) is 20.8 Å². The Morgan fingerprint density at radius 1 is 1.24 bits per heavy atom. The fourth-order valence-electron chi connectivity index (χ4n) is 2.65. The van der Waals surface area contributed by atoms with E-state index in [0.717, 1.165) is 40.1 Å². The van der Waals surface area contributed by atoms with Crippen LogP contribution in [0.5, 0.6) is 5.75 Å². The lowest BCUT2D eigenvalue weighted by molar-refractivity contribution is 0.0979. The van der Waals surface area contributed by atoms with Crippen molar-refractivity contribution in [2.24, 2.45) is 0 Å². The monoisotopic (exact) mass is 345 g/mol. The normalized spacial score (nSPS) is 14.0. The number of fused-ring (bicyclic) bond motifs is 1. The molecule has 0 spiro atoms. The Morgan fingerprint density at radius 2 is 2.05 bits per heavy atom. The number of benzene rings is 2. The molecule has 3 rings (SSSR count). The maximum atomic E-state index is 12.0. The van der Waals surface area contributed by atoms with Crippen LogP contribution in [0.25, 0.3) is 0 Å². The SMILES string of the molecule is COc1ccc(Br)c(CN2CCC(=O)c3ccccc32)c1. The number of halogens is 1. The van der Waals surface area contributed by atoms with Gasteiger partial charge in [0.2, 0.25) is 0 Å². The van der Waals surface area contributed by atoms with Gasteiger partial charge in [-0.1, -0.05) is 28.1 Å². The fraction of sp³-hybridized carbons (Fsp3) is 0.235. The van der Waals surface area contributed by atoms with Crippen molar-refractivity contribution < 1.29 is 9.53 Å². The van der Waals surface area contributed by atoms with E-state index in [1.165, 1.54) is 0 Å². The predicted molar refractivity (Wildman–Crippen MR) is 87.1 cm³/mol. The number of rotatable bonds is 3. The summed E-state index contributed by atoms with van der Waals surface area (Å²) in [6, 6.07) is 13.8. The van der Waals surface area contributed by atoms with Crippen molar-refractivity contribution in [3.63, 3.8) is 0 Å². The number of methoxy groups -OCH3 is 1. The van der Waals surface area contributed by atoms with Crippen molar-refractivity contribution in [2.45, 2.75) is 13.0 Å². The van der Waals surface area contributed by atoms with E-state index in [0.29, 0.717) is 6.42 Å². The van der Waals surface area contributed by atoms with Crippen LogP contribution in [0.2, 0.25) is 0 Å². The summed E-state index contributed by atoms with van der Waals surface area (Å²) in [5, 5.41) is 0. The van der Waals surface area contributed by atoms with E-state index in [-0.39, 0.29) is 5.78 Å². The molecule has 0 saturated heterocycles. The van der Waals surface area contributed by atoms with Crippen LogP contribution >= 0.6 is 15.9 Å². The summed E-state index contributed by atoms with van der Waals surface area (Å²) in [7, 11) is 1.67. The molecule has 0 fully saturated rings. The minimum atomic E-state index is 0.228. The van der Waals surface area contributed by atoms with Crippen LogP contribution in [-0.4, -0.2) is 19.4 Å². The van der Waals surface area contributed by atoms with Crippen molar-refractivity contribution in [1.82, 2.24) is 0 Å². The van der Waals surface area contributed by atoms with E-state index in [1.54, 1.807) is 7.11 Å². The van der Waals surface area contributed by atoms with Gasteiger partial charge in [0.1, 0.15) is 5.75 Å². The standard InChI is InChI=1S/C17H16BrNO2/c1-21-13-6-7-15(18)12(10-13)11-19-9-8-17(20)14-4-2-3-5-16(14)19/h2-7,10H,8-9,11H2,1H3. The predicted octanol–water partition coefficient (Wildman–Crippen LogP) is 4.05. The zero-order valence-electron chi connectivity index (χ0n) is 11.8. The van der Waals surface area contributed by atoms with Crippen LogP contribution < -0.4 is 9.64 Å². The number of carbonyl (C=O) groups is 1. The molecule has 2 aromatic rings. The van der Waals surface area contributed by atoms with E-state index >= 15 is 0 Å². The van der Waals surface area contributed by atoms with Gasteiger partial charge >= 0.3 is 0 Å². The lowest BCUT2D eigenvalue weighted by Gasteiger charge is -2.31. The highest BCUT2D eigenvalue weighted by Gasteiger charge is 2.23. The van der Waals surface area contributed by atoms with Gasteiger partial charge < -0.3 is 9.64 Å². The number of carbonyl (C=O) groups excluding carboxylic acids is 1. The molecule has 1 aliphatic heterocycles. The molecule has 0 unspecified atom stereocenters. The van der Waals surface area contributed by atoms with Crippen LogP contribution in [0.4, 0.5) is 5.69 Å². The van der Waals surface area contributed by atoms with E-state index in [1.807, 2.05) is 42.5 Å². The number of para-hydroxylation sites is 1. The molecule has 2 aromatic carbocycles. The van der Waals surface area contributed by atoms with Crippen molar-refractivity contribution in [3.05, 3.63) is 58.1 Å². The molecule has 1 heterocycles. The van der Waals surface area contributed by atoms with Gasteiger partial charge in [-0.05, 0) is 35.9 Å². The number of ether oxygens (including phenoxy) is 1. The maximum Gasteiger partial charge on any atom is 0.166 e. The second-order valence-electron chi connectivity index (χ2n) is 5.07. The molecule has 0 N–H and O–H groups in total. The molecule has 0 bridgehead atoms. The molecule has 3 nitrogen and oxygen atoms in total. The van der Waals surface area contributed by atoms with Crippen LogP contribution in [-0.2, 0) is 6.54 Å². The minimum absolute atomic E-state index is 0.228. The Labute approximate surface area is 132 Å². The number of ketones is 1. The molecular weight excluding hydrogens is 330 g/mol. The van der Waals surface area contributed by atoms with Crippen molar-refractivity contribution >= 4 is 27.4 Å². The van der Waals surface area contributed by atoms with Crippen molar-refractivity contribution in [2.75, 3.05) is 18.6 Å². The third-order valence-corrected chi connectivity index (χ3v) is 4.54. The fourth-order valence-corrected chi connectivity index (χ4v) is 3.02. The molecule has 0 radical (unpaired) electrons. The van der Waals surface area contributed by atoms with Gasteiger partial charge in [-0.3, -0.25) is 4.79 Å². The lowest BCUT2D eigenvalue weighted by atomic mass is 10.00. The van der Waals surface area contributed by atoms with Gasteiger partial charge in [0, 0.05) is 35.2 Å². The number of hydrogen-bond donors (Lipinski definition) is 0. The van der Waals surface area contributed by atoms with Crippen molar-refractivity contribution in [3.8, 4) is 5.75 Å². The van der Waals surface area contributed by atoms with Crippen LogP contribution in [0, 0.1) is 0 Å².